The second-order valence-electron chi connectivity index (χ2n) is 8.88. The average Bonchev–Trinajstić information content (AvgIpc) is 2.83. The molecule has 8 nitrogen and oxygen atoms in total. The zero-order chi connectivity index (χ0) is 23.4. The van der Waals surface area contributed by atoms with E-state index in [4.69, 9.17) is 14.7 Å². The predicted molar refractivity (Wildman–Crippen MR) is 124 cm³/mol. The molecule has 1 aliphatic heterocycles. The molecule has 1 aliphatic carbocycles. The third kappa shape index (κ3) is 4.64. The maximum atomic E-state index is 13.2. The van der Waals surface area contributed by atoms with E-state index >= 15 is 0 Å². The van der Waals surface area contributed by atoms with Crippen molar-refractivity contribution in [3.8, 4) is 11.8 Å². The summed E-state index contributed by atoms with van der Waals surface area (Å²) in [5.74, 6) is 1.55. The first-order valence-electron chi connectivity index (χ1n) is 11.6. The molecule has 2 aliphatic rings. The van der Waals surface area contributed by atoms with E-state index in [9.17, 15) is 4.79 Å². The fourth-order valence-corrected chi connectivity index (χ4v) is 4.82. The lowest BCUT2D eigenvalue weighted by molar-refractivity contribution is -0.154. The topological polar surface area (TPSA) is 91.6 Å². The molecule has 4 rings (SSSR count). The minimum atomic E-state index is -0.457. The monoisotopic (exact) mass is 449 g/mol. The molecular formula is C25H31N5O3. The molecule has 2 aromatic heterocycles. The van der Waals surface area contributed by atoms with Gasteiger partial charge >= 0.3 is 0 Å². The molecular weight excluding hydrogens is 418 g/mol. The van der Waals surface area contributed by atoms with Crippen LogP contribution in [0, 0.1) is 11.3 Å². The van der Waals surface area contributed by atoms with Crippen LogP contribution in [0.5, 0.6) is 5.75 Å². The summed E-state index contributed by atoms with van der Waals surface area (Å²) in [5, 5.41) is 9.04. The Morgan fingerprint density at radius 3 is 2.70 bits per heavy atom. The van der Waals surface area contributed by atoms with Crippen LogP contribution in [0.1, 0.15) is 50.7 Å². The minimum absolute atomic E-state index is 0.00914. The highest BCUT2D eigenvalue weighted by atomic mass is 16.5. The molecule has 174 valence electrons. The van der Waals surface area contributed by atoms with Crippen LogP contribution in [-0.2, 0) is 15.1 Å². The molecule has 0 aromatic carbocycles. The van der Waals surface area contributed by atoms with Gasteiger partial charge in [0.25, 0.3) is 0 Å². The first kappa shape index (κ1) is 23.0. The zero-order valence-electron chi connectivity index (χ0n) is 19.5. The summed E-state index contributed by atoms with van der Waals surface area (Å²) in [6.45, 7) is 5.51. The summed E-state index contributed by atoms with van der Waals surface area (Å²) in [6.07, 6.45) is 8.79. The van der Waals surface area contributed by atoms with Crippen molar-refractivity contribution >= 4 is 11.7 Å². The Labute approximate surface area is 195 Å². The quantitative estimate of drug-likeness (QED) is 0.641. The van der Waals surface area contributed by atoms with E-state index in [0.717, 1.165) is 37.1 Å². The highest BCUT2D eigenvalue weighted by Crippen LogP contribution is 2.45. The number of methoxy groups -OCH3 is 1. The van der Waals surface area contributed by atoms with E-state index in [1.165, 1.54) is 0 Å². The number of nitriles is 1. The van der Waals surface area contributed by atoms with Crippen molar-refractivity contribution in [3.05, 3.63) is 47.9 Å². The standard InChI is InChI=1S/C25H31N5O3/c1-4-21-16-29(15-18(2)30(21)23-7-6-19(11-26)12-28-23)24(31)17-33-25(8-5-9-25)20-10-22(32-3)14-27-13-20/h6-7,10,12-14,18,21H,4-5,8-9,15-17H2,1-3H3. The van der Waals surface area contributed by atoms with Crippen molar-refractivity contribution in [2.45, 2.75) is 57.2 Å². The van der Waals surface area contributed by atoms with Gasteiger partial charge in [0.2, 0.25) is 5.91 Å². The zero-order valence-corrected chi connectivity index (χ0v) is 19.5. The second kappa shape index (κ2) is 9.75. The molecule has 3 heterocycles. The number of rotatable bonds is 7. The smallest absolute Gasteiger partial charge is 0.248 e. The number of ether oxygens (including phenoxy) is 2. The van der Waals surface area contributed by atoms with Gasteiger partial charge in [-0.25, -0.2) is 4.98 Å². The Kier molecular flexibility index (Phi) is 6.80. The molecule has 2 fully saturated rings. The first-order valence-corrected chi connectivity index (χ1v) is 11.6. The molecule has 1 amide bonds. The van der Waals surface area contributed by atoms with Crippen LogP contribution in [0.4, 0.5) is 5.82 Å². The molecule has 2 unspecified atom stereocenters. The lowest BCUT2D eigenvalue weighted by atomic mass is 9.75. The number of pyridine rings is 2. The predicted octanol–water partition coefficient (Wildman–Crippen LogP) is 3.27. The van der Waals surface area contributed by atoms with E-state index in [1.807, 2.05) is 23.2 Å². The highest BCUT2D eigenvalue weighted by molar-refractivity contribution is 5.78. The SMILES string of the molecule is CCC1CN(C(=O)COC2(c3cncc(OC)c3)CCC2)CC(C)N1c1ccc(C#N)cn1. The number of amides is 1. The van der Waals surface area contributed by atoms with E-state index in [1.54, 1.807) is 25.6 Å². The van der Waals surface area contributed by atoms with Crippen molar-refractivity contribution in [2.75, 3.05) is 31.7 Å². The Hall–Kier alpha value is -3.18. The van der Waals surface area contributed by atoms with Gasteiger partial charge in [-0.15, -0.1) is 0 Å². The van der Waals surface area contributed by atoms with Gasteiger partial charge < -0.3 is 19.3 Å². The van der Waals surface area contributed by atoms with Crippen LogP contribution in [0.2, 0.25) is 0 Å². The molecule has 1 saturated carbocycles. The molecule has 0 N–H and O–H groups in total. The van der Waals surface area contributed by atoms with Gasteiger partial charge in [0.1, 0.15) is 24.2 Å². The molecule has 0 radical (unpaired) electrons. The van der Waals surface area contributed by atoms with Crippen LogP contribution in [0.15, 0.2) is 36.8 Å². The molecule has 1 saturated heterocycles. The molecule has 2 aromatic rings. The van der Waals surface area contributed by atoms with E-state index in [2.05, 4.69) is 34.8 Å². The van der Waals surface area contributed by atoms with Crippen molar-refractivity contribution in [1.29, 1.82) is 5.26 Å². The molecule has 0 spiro atoms. The summed E-state index contributed by atoms with van der Waals surface area (Å²) < 4.78 is 11.6. The van der Waals surface area contributed by atoms with Gasteiger partial charge in [0.05, 0.1) is 24.5 Å². The van der Waals surface area contributed by atoms with Gasteiger partial charge in [-0.2, -0.15) is 5.26 Å². The number of carbonyl (C=O) groups is 1. The van der Waals surface area contributed by atoms with E-state index < -0.39 is 5.60 Å². The van der Waals surface area contributed by atoms with Crippen molar-refractivity contribution in [2.24, 2.45) is 0 Å². The van der Waals surface area contributed by atoms with Crippen molar-refractivity contribution < 1.29 is 14.3 Å². The summed E-state index contributed by atoms with van der Waals surface area (Å²) in [7, 11) is 1.62. The Morgan fingerprint density at radius 2 is 2.09 bits per heavy atom. The molecule has 0 bridgehead atoms. The second-order valence-corrected chi connectivity index (χ2v) is 8.88. The number of nitrogens with zero attached hydrogens (tertiary/aromatic N) is 5. The van der Waals surface area contributed by atoms with Crippen molar-refractivity contribution in [3.63, 3.8) is 0 Å². The summed E-state index contributed by atoms with van der Waals surface area (Å²) in [5.41, 5.74) is 1.06. The van der Waals surface area contributed by atoms with Gasteiger partial charge in [-0.1, -0.05) is 6.92 Å². The molecule has 2 atom stereocenters. The maximum Gasteiger partial charge on any atom is 0.248 e. The minimum Gasteiger partial charge on any atom is -0.495 e. The van der Waals surface area contributed by atoms with Gasteiger partial charge in [-0.3, -0.25) is 9.78 Å². The molecule has 8 heteroatoms. The average molecular weight is 450 g/mol. The van der Waals surface area contributed by atoms with Crippen LogP contribution in [0.3, 0.4) is 0 Å². The maximum absolute atomic E-state index is 13.2. The summed E-state index contributed by atoms with van der Waals surface area (Å²) in [4.78, 5) is 26.1. The largest absolute Gasteiger partial charge is 0.495 e. The number of hydrogen-bond donors (Lipinski definition) is 0. The number of aromatic nitrogens is 2. The van der Waals surface area contributed by atoms with Crippen molar-refractivity contribution in [1.82, 2.24) is 14.9 Å². The first-order chi connectivity index (χ1) is 16.0. The third-order valence-corrected chi connectivity index (χ3v) is 6.86. The lowest BCUT2D eigenvalue weighted by Gasteiger charge is -2.47. The number of carbonyl (C=O) groups excluding carboxylic acids is 1. The van der Waals surface area contributed by atoms with Crippen LogP contribution >= 0.6 is 0 Å². The van der Waals surface area contributed by atoms with Gasteiger partial charge in [0.15, 0.2) is 0 Å². The van der Waals surface area contributed by atoms with E-state index in [0.29, 0.717) is 24.4 Å². The number of hydrogen-bond acceptors (Lipinski definition) is 7. The fraction of sp³-hybridized carbons (Fsp3) is 0.520. The van der Waals surface area contributed by atoms with E-state index in [-0.39, 0.29) is 24.6 Å². The number of anilines is 1. The van der Waals surface area contributed by atoms with Crippen LogP contribution in [-0.4, -0.2) is 59.7 Å². The lowest BCUT2D eigenvalue weighted by Crippen LogP contribution is -2.60. The van der Waals surface area contributed by atoms with Crippen LogP contribution in [0.25, 0.3) is 0 Å². The Balaban J connectivity index is 1.42. The molecule has 33 heavy (non-hydrogen) atoms. The third-order valence-electron chi connectivity index (χ3n) is 6.86. The summed E-state index contributed by atoms with van der Waals surface area (Å²) >= 11 is 0. The highest BCUT2D eigenvalue weighted by Gasteiger charge is 2.42. The Morgan fingerprint density at radius 1 is 1.27 bits per heavy atom. The Bertz CT molecular complexity index is 1020. The summed E-state index contributed by atoms with van der Waals surface area (Å²) in [6, 6.07) is 8.00. The van der Waals surface area contributed by atoms with Crippen LogP contribution < -0.4 is 9.64 Å². The fourth-order valence-electron chi connectivity index (χ4n) is 4.82. The normalized spacial score (nSPS) is 21.8. The van der Waals surface area contributed by atoms with Gasteiger partial charge in [-0.05, 0) is 50.8 Å². The van der Waals surface area contributed by atoms with Gasteiger partial charge in [0, 0.05) is 43.1 Å². The number of piperazine rings is 1.